The number of nitrogens with one attached hydrogen (secondary N) is 1. The van der Waals surface area contributed by atoms with Crippen LogP contribution in [0.4, 0.5) is 10.8 Å². The van der Waals surface area contributed by atoms with E-state index in [4.69, 9.17) is 4.74 Å². The lowest BCUT2D eigenvalue weighted by Gasteiger charge is -2.16. The van der Waals surface area contributed by atoms with Crippen molar-refractivity contribution in [2.24, 2.45) is 5.92 Å². The van der Waals surface area contributed by atoms with Crippen LogP contribution in [0.15, 0.2) is 35.7 Å². The summed E-state index contributed by atoms with van der Waals surface area (Å²) in [5, 5.41) is 5.49. The topological polar surface area (TPSA) is 71.5 Å². The van der Waals surface area contributed by atoms with Gasteiger partial charge in [0, 0.05) is 24.7 Å². The monoisotopic (exact) mass is 361 g/mol. The van der Waals surface area contributed by atoms with Crippen LogP contribution in [0.1, 0.15) is 30.8 Å². The van der Waals surface area contributed by atoms with Gasteiger partial charge in [0.15, 0.2) is 17.4 Å². The summed E-state index contributed by atoms with van der Waals surface area (Å²) >= 11 is 1.35. The number of nitrogens with zero attached hydrogens (tertiary/aromatic N) is 2. The highest BCUT2D eigenvalue weighted by Crippen LogP contribution is 2.17. The van der Waals surface area contributed by atoms with Crippen molar-refractivity contribution in [3.8, 4) is 0 Å². The van der Waals surface area contributed by atoms with E-state index in [-0.39, 0.29) is 18.2 Å². The van der Waals surface area contributed by atoms with E-state index in [9.17, 15) is 9.59 Å². The van der Waals surface area contributed by atoms with Crippen LogP contribution in [0, 0.1) is 5.92 Å². The summed E-state index contributed by atoms with van der Waals surface area (Å²) in [5.41, 5.74) is 0.959. The molecule has 0 aliphatic carbocycles. The van der Waals surface area contributed by atoms with Crippen molar-refractivity contribution in [2.75, 3.05) is 30.4 Å². The number of esters is 1. The SMILES string of the molecule is CC(C)CCNc1nc(C(=O)OCC(=O)N(C)c2ccccc2)cs1. The second-order valence-corrected chi connectivity index (χ2v) is 6.87. The molecule has 2 aromatic rings. The minimum atomic E-state index is -0.594. The molecule has 1 N–H and O–H groups in total. The molecule has 0 unspecified atom stereocenters. The van der Waals surface area contributed by atoms with Gasteiger partial charge in [0.1, 0.15) is 0 Å². The van der Waals surface area contributed by atoms with E-state index in [2.05, 4.69) is 24.1 Å². The third-order valence-electron chi connectivity index (χ3n) is 3.56. The first-order valence-electron chi connectivity index (χ1n) is 8.15. The Bertz CT molecular complexity index is 701. The summed E-state index contributed by atoms with van der Waals surface area (Å²) in [7, 11) is 1.64. The normalized spacial score (nSPS) is 10.6. The number of hydrogen-bond acceptors (Lipinski definition) is 6. The van der Waals surface area contributed by atoms with Crippen molar-refractivity contribution in [3.63, 3.8) is 0 Å². The number of carbonyl (C=O) groups excluding carboxylic acids is 2. The van der Waals surface area contributed by atoms with Crippen LogP contribution in [0.5, 0.6) is 0 Å². The van der Waals surface area contributed by atoms with E-state index in [1.165, 1.54) is 16.2 Å². The maximum atomic E-state index is 12.1. The second-order valence-electron chi connectivity index (χ2n) is 6.01. The van der Waals surface area contributed by atoms with Crippen molar-refractivity contribution < 1.29 is 14.3 Å². The molecule has 1 heterocycles. The number of para-hydroxylation sites is 1. The molecule has 25 heavy (non-hydrogen) atoms. The fourth-order valence-corrected chi connectivity index (χ4v) is 2.72. The van der Waals surface area contributed by atoms with Gasteiger partial charge in [-0.1, -0.05) is 32.0 Å². The average molecular weight is 361 g/mol. The predicted molar refractivity (Wildman–Crippen MR) is 100 cm³/mol. The van der Waals surface area contributed by atoms with E-state index in [0.717, 1.165) is 18.7 Å². The second kappa shape index (κ2) is 9.17. The first kappa shape index (κ1) is 18.9. The molecule has 0 fully saturated rings. The molecular weight excluding hydrogens is 338 g/mol. The van der Waals surface area contributed by atoms with E-state index >= 15 is 0 Å². The molecule has 1 aromatic heterocycles. The van der Waals surface area contributed by atoms with Crippen molar-refractivity contribution in [2.45, 2.75) is 20.3 Å². The molecule has 7 heteroatoms. The number of benzene rings is 1. The van der Waals surface area contributed by atoms with Crippen molar-refractivity contribution >= 4 is 34.0 Å². The minimum Gasteiger partial charge on any atom is -0.451 e. The number of ether oxygens (including phenoxy) is 1. The van der Waals surface area contributed by atoms with Gasteiger partial charge < -0.3 is 15.0 Å². The maximum absolute atomic E-state index is 12.1. The molecule has 0 aliphatic heterocycles. The molecule has 134 valence electrons. The minimum absolute atomic E-state index is 0.215. The molecule has 0 spiro atoms. The lowest BCUT2D eigenvalue weighted by molar-refractivity contribution is -0.121. The van der Waals surface area contributed by atoms with E-state index in [0.29, 0.717) is 11.0 Å². The van der Waals surface area contributed by atoms with E-state index in [1.54, 1.807) is 12.4 Å². The number of thiazole rings is 1. The van der Waals surface area contributed by atoms with Crippen LogP contribution in [0.25, 0.3) is 0 Å². The van der Waals surface area contributed by atoms with Crippen molar-refractivity contribution in [3.05, 3.63) is 41.4 Å². The molecule has 0 radical (unpaired) electrons. The Hall–Kier alpha value is -2.41. The van der Waals surface area contributed by atoms with Crippen LogP contribution in [-0.4, -0.2) is 37.1 Å². The zero-order valence-electron chi connectivity index (χ0n) is 14.7. The molecule has 6 nitrogen and oxygen atoms in total. The highest BCUT2D eigenvalue weighted by atomic mass is 32.1. The number of rotatable bonds is 8. The van der Waals surface area contributed by atoms with Gasteiger partial charge in [-0.15, -0.1) is 11.3 Å². The summed E-state index contributed by atoms with van der Waals surface area (Å²) in [4.78, 5) is 29.8. The van der Waals surface area contributed by atoms with Crippen molar-refractivity contribution in [1.29, 1.82) is 0 Å². The van der Waals surface area contributed by atoms with E-state index in [1.807, 2.05) is 30.3 Å². The van der Waals surface area contributed by atoms with E-state index < -0.39 is 5.97 Å². The van der Waals surface area contributed by atoms with Gasteiger partial charge in [-0.25, -0.2) is 9.78 Å². The molecule has 0 bridgehead atoms. The molecule has 0 saturated heterocycles. The third-order valence-corrected chi connectivity index (χ3v) is 4.36. The highest BCUT2D eigenvalue weighted by Gasteiger charge is 2.17. The largest absolute Gasteiger partial charge is 0.451 e. The smallest absolute Gasteiger partial charge is 0.358 e. The standard InChI is InChI=1S/C18H23N3O3S/c1-13(2)9-10-19-18-20-15(12-25-18)17(23)24-11-16(22)21(3)14-7-5-4-6-8-14/h4-8,12-13H,9-11H2,1-3H3,(H,19,20). The fraction of sp³-hybridized carbons (Fsp3) is 0.389. The van der Waals surface area contributed by atoms with Gasteiger partial charge in [0.05, 0.1) is 0 Å². The number of carbonyl (C=O) groups is 2. The van der Waals surface area contributed by atoms with Crippen LogP contribution in [0.3, 0.4) is 0 Å². The quantitative estimate of drug-likeness (QED) is 0.730. The number of likely N-dealkylation sites (N-methyl/N-ethyl adjacent to an activating group) is 1. The van der Waals surface area contributed by atoms with Crippen LogP contribution in [0.2, 0.25) is 0 Å². The Balaban J connectivity index is 1.82. The number of anilines is 2. The Morgan fingerprint density at radius 1 is 1.28 bits per heavy atom. The van der Waals surface area contributed by atoms with Gasteiger partial charge >= 0.3 is 5.97 Å². The zero-order valence-corrected chi connectivity index (χ0v) is 15.5. The first-order valence-corrected chi connectivity index (χ1v) is 9.03. The average Bonchev–Trinajstić information content (AvgIpc) is 3.08. The van der Waals surface area contributed by atoms with Gasteiger partial charge in [-0.05, 0) is 24.5 Å². The molecular formula is C18H23N3O3S. The maximum Gasteiger partial charge on any atom is 0.358 e. The molecule has 1 amide bonds. The molecule has 0 aliphatic rings. The lowest BCUT2D eigenvalue weighted by atomic mass is 10.1. The summed E-state index contributed by atoms with van der Waals surface area (Å²) in [6.07, 6.45) is 1.03. The lowest BCUT2D eigenvalue weighted by Crippen LogP contribution is -2.31. The molecule has 1 aromatic carbocycles. The summed E-state index contributed by atoms with van der Waals surface area (Å²) < 4.78 is 5.07. The zero-order chi connectivity index (χ0) is 18.2. The van der Waals surface area contributed by atoms with Crippen LogP contribution in [-0.2, 0) is 9.53 Å². The van der Waals surface area contributed by atoms with Gasteiger partial charge in [0.25, 0.3) is 5.91 Å². The Labute approximate surface area is 151 Å². The van der Waals surface area contributed by atoms with Crippen LogP contribution < -0.4 is 10.2 Å². The Morgan fingerprint density at radius 3 is 2.68 bits per heavy atom. The van der Waals surface area contributed by atoms with Gasteiger partial charge in [0.2, 0.25) is 0 Å². The molecule has 0 saturated carbocycles. The fourth-order valence-electron chi connectivity index (χ4n) is 2.01. The summed E-state index contributed by atoms with van der Waals surface area (Å²) in [6.45, 7) is 4.78. The Kier molecular flexibility index (Phi) is 6.94. The van der Waals surface area contributed by atoms with Crippen LogP contribution >= 0.6 is 11.3 Å². The van der Waals surface area contributed by atoms with Gasteiger partial charge in [-0.3, -0.25) is 4.79 Å². The molecule has 0 atom stereocenters. The highest BCUT2D eigenvalue weighted by molar-refractivity contribution is 7.13. The third kappa shape index (κ3) is 5.86. The van der Waals surface area contributed by atoms with Gasteiger partial charge in [-0.2, -0.15) is 0 Å². The van der Waals surface area contributed by atoms with Crippen molar-refractivity contribution in [1.82, 2.24) is 4.98 Å². The number of amides is 1. The Morgan fingerprint density at radius 2 is 2.00 bits per heavy atom. The number of aromatic nitrogens is 1. The summed E-state index contributed by atoms with van der Waals surface area (Å²) in [6, 6.07) is 9.18. The summed E-state index contributed by atoms with van der Waals surface area (Å²) in [5.74, 6) is -0.294. The molecule has 2 rings (SSSR count). The predicted octanol–water partition coefficient (Wildman–Crippen LogP) is 3.42. The number of hydrogen-bond donors (Lipinski definition) is 1. The first-order chi connectivity index (χ1) is 12.0.